The number of piperazine rings is 1. The summed E-state index contributed by atoms with van der Waals surface area (Å²) < 4.78 is 34.1. The predicted molar refractivity (Wildman–Crippen MR) is 151 cm³/mol. The Kier molecular flexibility index (Phi) is 8.89. The first-order chi connectivity index (χ1) is 17.8. The van der Waals surface area contributed by atoms with Gasteiger partial charge in [-0.25, -0.2) is 8.42 Å². The van der Waals surface area contributed by atoms with Gasteiger partial charge in [-0.05, 0) is 79.9 Å². The minimum absolute atomic E-state index is 0.137. The summed E-state index contributed by atoms with van der Waals surface area (Å²) in [5, 5.41) is 0.665. The molecule has 3 aromatic carbocycles. The molecule has 0 saturated carbocycles. The third-order valence-electron chi connectivity index (χ3n) is 6.17. The fourth-order valence-electron chi connectivity index (χ4n) is 4.17. The maximum absolute atomic E-state index is 13.7. The van der Waals surface area contributed by atoms with Gasteiger partial charge in [0.1, 0.15) is 12.3 Å². The number of hydrogen-bond donors (Lipinski definition) is 0. The van der Waals surface area contributed by atoms with Crippen molar-refractivity contribution >= 4 is 50.7 Å². The fourth-order valence-corrected chi connectivity index (χ4v) is 6.18. The van der Waals surface area contributed by atoms with Crippen molar-refractivity contribution in [1.82, 2.24) is 4.90 Å². The molecule has 196 valence electrons. The van der Waals surface area contributed by atoms with Gasteiger partial charge in [0.05, 0.1) is 17.2 Å². The minimum atomic E-state index is -3.99. The Bertz CT molecular complexity index is 1310. The zero-order valence-corrected chi connectivity index (χ0v) is 23.2. The Balaban J connectivity index is 1.54. The van der Waals surface area contributed by atoms with E-state index in [4.69, 9.17) is 16.3 Å². The molecule has 1 aliphatic heterocycles. The SMILES string of the molecule is CCOc1ccc(N(CC(=O)N2CCN(c3cccc(Cl)c3)CC2)S(=O)(=O)c2ccc(SC)cc2)cc1. The topological polar surface area (TPSA) is 70.2 Å². The number of carbonyl (C=O) groups excluding carboxylic acids is 1. The molecule has 0 N–H and O–H groups in total. The average Bonchev–Trinajstić information content (AvgIpc) is 2.92. The highest BCUT2D eigenvalue weighted by molar-refractivity contribution is 7.98. The summed E-state index contributed by atoms with van der Waals surface area (Å²) in [6.07, 6.45) is 1.93. The number of halogens is 1. The van der Waals surface area contributed by atoms with Crippen molar-refractivity contribution in [2.75, 3.05) is 54.8 Å². The number of ether oxygens (including phenoxy) is 1. The van der Waals surface area contributed by atoms with E-state index in [1.54, 1.807) is 53.4 Å². The smallest absolute Gasteiger partial charge is 0.264 e. The Morgan fingerprint density at radius 3 is 2.27 bits per heavy atom. The highest BCUT2D eigenvalue weighted by Gasteiger charge is 2.30. The number of nitrogens with zero attached hydrogens (tertiary/aromatic N) is 3. The molecule has 0 aromatic heterocycles. The van der Waals surface area contributed by atoms with Gasteiger partial charge in [0, 0.05) is 41.8 Å². The van der Waals surface area contributed by atoms with Crippen LogP contribution in [0.1, 0.15) is 6.92 Å². The van der Waals surface area contributed by atoms with Crippen molar-refractivity contribution in [3.63, 3.8) is 0 Å². The molecule has 0 spiro atoms. The lowest BCUT2D eigenvalue weighted by atomic mass is 10.2. The molecule has 1 aliphatic rings. The van der Waals surface area contributed by atoms with Gasteiger partial charge in [-0.1, -0.05) is 17.7 Å². The van der Waals surface area contributed by atoms with Crippen molar-refractivity contribution in [2.45, 2.75) is 16.7 Å². The van der Waals surface area contributed by atoms with Gasteiger partial charge in [0.2, 0.25) is 5.91 Å². The van der Waals surface area contributed by atoms with Crippen LogP contribution < -0.4 is 13.9 Å². The highest BCUT2D eigenvalue weighted by Crippen LogP contribution is 2.28. The van der Waals surface area contributed by atoms with Gasteiger partial charge in [-0.2, -0.15) is 0 Å². The van der Waals surface area contributed by atoms with E-state index in [1.165, 1.54) is 16.1 Å². The van der Waals surface area contributed by atoms with Gasteiger partial charge >= 0.3 is 0 Å². The van der Waals surface area contributed by atoms with Crippen LogP contribution in [0, 0.1) is 0 Å². The third-order valence-corrected chi connectivity index (χ3v) is 8.93. The van der Waals surface area contributed by atoms with E-state index in [0.717, 1.165) is 10.6 Å². The molecular formula is C27H30ClN3O4S2. The number of anilines is 2. The molecule has 0 atom stereocenters. The van der Waals surface area contributed by atoms with Gasteiger partial charge < -0.3 is 14.5 Å². The van der Waals surface area contributed by atoms with Crippen LogP contribution in [0.2, 0.25) is 5.02 Å². The first-order valence-corrected chi connectivity index (χ1v) is 15.0. The van der Waals surface area contributed by atoms with Gasteiger partial charge in [0.25, 0.3) is 10.0 Å². The fraction of sp³-hybridized carbons (Fsp3) is 0.296. The Morgan fingerprint density at radius 1 is 1.00 bits per heavy atom. The van der Waals surface area contributed by atoms with Crippen LogP contribution in [-0.2, 0) is 14.8 Å². The van der Waals surface area contributed by atoms with E-state index >= 15 is 0 Å². The number of carbonyl (C=O) groups is 1. The van der Waals surface area contributed by atoms with Crippen LogP contribution in [-0.4, -0.2) is 64.8 Å². The van der Waals surface area contributed by atoms with Gasteiger partial charge in [0.15, 0.2) is 0 Å². The van der Waals surface area contributed by atoms with E-state index < -0.39 is 10.0 Å². The standard InChI is InChI=1S/C27H30ClN3O4S2/c1-3-35-24-9-7-22(8-10-24)31(37(33,34)26-13-11-25(36-2)12-14-26)20-27(32)30-17-15-29(16-18-30)23-6-4-5-21(28)19-23/h4-14,19H,3,15-18,20H2,1-2H3. The summed E-state index contributed by atoms with van der Waals surface area (Å²) in [4.78, 5) is 18.4. The molecule has 1 heterocycles. The van der Waals surface area contributed by atoms with Crippen molar-refractivity contribution in [1.29, 1.82) is 0 Å². The average molecular weight is 560 g/mol. The second kappa shape index (κ2) is 12.1. The normalized spacial score (nSPS) is 13.9. The molecule has 1 fully saturated rings. The van der Waals surface area contributed by atoms with E-state index in [1.807, 2.05) is 37.4 Å². The second-order valence-corrected chi connectivity index (χ2v) is 11.6. The molecule has 4 rings (SSSR count). The zero-order chi connectivity index (χ0) is 26.4. The number of hydrogen-bond acceptors (Lipinski definition) is 6. The maximum atomic E-state index is 13.7. The number of rotatable bonds is 9. The lowest BCUT2D eigenvalue weighted by Crippen LogP contribution is -2.52. The zero-order valence-electron chi connectivity index (χ0n) is 20.8. The molecule has 1 saturated heterocycles. The summed E-state index contributed by atoms with van der Waals surface area (Å²) in [6, 6.07) is 21.1. The van der Waals surface area contributed by atoms with Crippen LogP contribution in [0.4, 0.5) is 11.4 Å². The van der Waals surface area contributed by atoms with E-state index in [-0.39, 0.29) is 17.3 Å². The summed E-state index contributed by atoms with van der Waals surface area (Å²) in [5.41, 5.74) is 1.41. The van der Waals surface area contributed by atoms with Gasteiger partial charge in [-0.3, -0.25) is 9.10 Å². The van der Waals surface area contributed by atoms with Crippen molar-refractivity contribution in [3.8, 4) is 5.75 Å². The molecule has 0 bridgehead atoms. The molecule has 37 heavy (non-hydrogen) atoms. The molecule has 1 amide bonds. The lowest BCUT2D eigenvalue weighted by molar-refractivity contribution is -0.129. The quantitative estimate of drug-likeness (QED) is 0.343. The van der Waals surface area contributed by atoms with E-state index in [2.05, 4.69) is 4.90 Å². The van der Waals surface area contributed by atoms with Crippen molar-refractivity contribution in [2.24, 2.45) is 0 Å². The number of sulfonamides is 1. The summed E-state index contributed by atoms with van der Waals surface area (Å²) >= 11 is 7.67. The van der Waals surface area contributed by atoms with Crippen molar-refractivity contribution in [3.05, 3.63) is 77.8 Å². The highest BCUT2D eigenvalue weighted by atomic mass is 35.5. The van der Waals surface area contributed by atoms with Crippen LogP contribution in [0.5, 0.6) is 5.75 Å². The number of benzene rings is 3. The largest absolute Gasteiger partial charge is 0.494 e. The van der Waals surface area contributed by atoms with E-state index in [9.17, 15) is 13.2 Å². The summed E-state index contributed by atoms with van der Waals surface area (Å²) in [5.74, 6) is 0.389. The molecule has 0 aliphatic carbocycles. The third kappa shape index (κ3) is 6.52. The number of thioether (sulfide) groups is 1. The van der Waals surface area contributed by atoms with Crippen LogP contribution in [0.3, 0.4) is 0 Å². The molecule has 0 radical (unpaired) electrons. The monoisotopic (exact) mass is 559 g/mol. The van der Waals surface area contributed by atoms with Crippen LogP contribution >= 0.6 is 23.4 Å². The molecule has 10 heteroatoms. The van der Waals surface area contributed by atoms with E-state index in [0.29, 0.717) is 49.2 Å². The molecule has 3 aromatic rings. The lowest BCUT2D eigenvalue weighted by Gasteiger charge is -2.37. The minimum Gasteiger partial charge on any atom is -0.494 e. The second-order valence-electron chi connectivity index (χ2n) is 8.46. The first-order valence-electron chi connectivity index (χ1n) is 12.0. The Labute approximate surface area is 228 Å². The molecule has 7 nitrogen and oxygen atoms in total. The van der Waals surface area contributed by atoms with Crippen LogP contribution in [0.25, 0.3) is 0 Å². The summed E-state index contributed by atoms with van der Waals surface area (Å²) in [7, 11) is -3.99. The maximum Gasteiger partial charge on any atom is 0.264 e. The molecular weight excluding hydrogens is 530 g/mol. The molecule has 0 unspecified atom stereocenters. The van der Waals surface area contributed by atoms with Gasteiger partial charge in [-0.15, -0.1) is 11.8 Å². The summed E-state index contributed by atoms with van der Waals surface area (Å²) in [6.45, 7) is 4.35. The predicted octanol–water partition coefficient (Wildman–Crippen LogP) is 5.00. The number of amides is 1. The van der Waals surface area contributed by atoms with Crippen molar-refractivity contribution < 1.29 is 17.9 Å². The Morgan fingerprint density at radius 2 is 1.68 bits per heavy atom. The Hall–Kier alpha value is -2.88. The van der Waals surface area contributed by atoms with Crippen LogP contribution in [0.15, 0.2) is 82.6 Å². The first kappa shape index (κ1) is 27.2.